The van der Waals surface area contributed by atoms with E-state index in [2.05, 4.69) is 29.6 Å². The van der Waals surface area contributed by atoms with E-state index in [4.69, 9.17) is 37.2 Å². The minimum absolute atomic E-state index is 0.0833. The number of hydrogen-bond acceptors (Lipinski definition) is 5. The van der Waals surface area contributed by atoms with Crippen molar-refractivity contribution in [2.75, 3.05) is 0 Å². The van der Waals surface area contributed by atoms with Gasteiger partial charge >= 0.3 is 6.16 Å². The van der Waals surface area contributed by atoms with Gasteiger partial charge in [-0.2, -0.15) is 0 Å². The topological polar surface area (TPSA) is 86.7 Å². The molecule has 0 aliphatic carbocycles. The smallest absolute Gasteiger partial charge is 0.489 e. The Labute approximate surface area is 254 Å². The fourth-order valence-electron chi connectivity index (χ4n) is 5.50. The summed E-state index contributed by atoms with van der Waals surface area (Å²) in [5.74, 6) is 1.87. The summed E-state index contributed by atoms with van der Waals surface area (Å²) in [4.78, 5) is 11.3. The van der Waals surface area contributed by atoms with Gasteiger partial charge in [-0.1, -0.05) is 60.4 Å². The first-order valence-corrected chi connectivity index (χ1v) is 14.5. The summed E-state index contributed by atoms with van der Waals surface area (Å²) in [5, 5.41) is 15.3. The third kappa shape index (κ3) is 5.46. The van der Waals surface area contributed by atoms with Crippen molar-refractivity contribution in [1.29, 1.82) is 0 Å². The zero-order valence-corrected chi connectivity index (χ0v) is 25.8. The van der Waals surface area contributed by atoms with Gasteiger partial charge in [0.1, 0.15) is 23.8 Å². The molecule has 2 heterocycles. The van der Waals surface area contributed by atoms with Gasteiger partial charge in [0.2, 0.25) is 0 Å². The standard InChI is InChI=1S/C33H32Cl2N2O5/c1-17(2)31-25(30(36-42-31)29-26(34)8-7-9-27(29)35)16-40-22-11-13-23(19(5)14-22)21-10-12-24-28(15-21)37(18(3)4)20(6)32(24)41-33(38)39/h7-15,17-18H,16H2,1-6H3,(H,38,39). The number of aryl methyl sites for hydroxylation is 1. The van der Waals surface area contributed by atoms with Crippen LogP contribution in [0.4, 0.5) is 4.79 Å². The number of hydrogen-bond donors (Lipinski definition) is 1. The lowest BCUT2D eigenvalue weighted by Crippen LogP contribution is -2.06. The Morgan fingerprint density at radius 1 is 1.02 bits per heavy atom. The van der Waals surface area contributed by atoms with E-state index in [1.807, 2.05) is 58.0 Å². The van der Waals surface area contributed by atoms with Gasteiger partial charge in [-0.05, 0) is 80.8 Å². The average molecular weight is 608 g/mol. The molecule has 0 radical (unpaired) electrons. The van der Waals surface area contributed by atoms with Crippen LogP contribution in [0.5, 0.6) is 11.5 Å². The Kier molecular flexibility index (Phi) is 8.26. The molecule has 0 aliphatic rings. The molecule has 5 rings (SSSR count). The van der Waals surface area contributed by atoms with E-state index in [9.17, 15) is 9.90 Å². The second kappa shape index (κ2) is 11.7. The molecule has 0 spiro atoms. The number of benzene rings is 3. The van der Waals surface area contributed by atoms with Crippen LogP contribution in [0.2, 0.25) is 10.0 Å². The van der Waals surface area contributed by atoms with Crippen molar-refractivity contribution in [3.63, 3.8) is 0 Å². The molecule has 218 valence electrons. The maximum atomic E-state index is 11.3. The number of carbonyl (C=O) groups is 1. The van der Waals surface area contributed by atoms with Gasteiger partial charge < -0.3 is 23.7 Å². The molecule has 0 unspecified atom stereocenters. The maximum absolute atomic E-state index is 11.3. The van der Waals surface area contributed by atoms with E-state index in [1.165, 1.54) is 0 Å². The van der Waals surface area contributed by atoms with Crippen LogP contribution in [0.3, 0.4) is 0 Å². The Morgan fingerprint density at radius 3 is 2.36 bits per heavy atom. The Balaban J connectivity index is 1.47. The van der Waals surface area contributed by atoms with E-state index < -0.39 is 6.16 Å². The van der Waals surface area contributed by atoms with Crippen LogP contribution in [-0.2, 0) is 6.61 Å². The van der Waals surface area contributed by atoms with Crippen molar-refractivity contribution in [2.45, 2.75) is 60.1 Å². The number of nitrogens with zero attached hydrogens (tertiary/aromatic N) is 2. The molecule has 0 fully saturated rings. The van der Waals surface area contributed by atoms with Gasteiger partial charge in [-0.15, -0.1) is 0 Å². The van der Waals surface area contributed by atoms with Crippen molar-refractivity contribution in [3.8, 4) is 33.9 Å². The summed E-state index contributed by atoms with van der Waals surface area (Å²) < 4.78 is 19.2. The monoisotopic (exact) mass is 606 g/mol. The molecular weight excluding hydrogens is 575 g/mol. The largest absolute Gasteiger partial charge is 0.511 e. The second-order valence-corrected chi connectivity index (χ2v) is 11.7. The number of ether oxygens (including phenoxy) is 2. The summed E-state index contributed by atoms with van der Waals surface area (Å²) in [6.45, 7) is 12.3. The van der Waals surface area contributed by atoms with Gasteiger partial charge in [-0.25, -0.2) is 4.79 Å². The molecule has 0 saturated heterocycles. The molecule has 7 nitrogen and oxygen atoms in total. The summed E-state index contributed by atoms with van der Waals surface area (Å²) >= 11 is 13.0. The molecule has 0 bridgehead atoms. The molecule has 5 aromatic rings. The highest BCUT2D eigenvalue weighted by Gasteiger charge is 2.24. The summed E-state index contributed by atoms with van der Waals surface area (Å²) in [6.07, 6.45) is -1.33. The van der Waals surface area contributed by atoms with Crippen molar-refractivity contribution in [1.82, 2.24) is 9.72 Å². The quantitative estimate of drug-likeness (QED) is 0.177. The molecule has 9 heteroatoms. The van der Waals surface area contributed by atoms with Gasteiger partial charge in [0.05, 0.1) is 26.8 Å². The molecule has 0 atom stereocenters. The van der Waals surface area contributed by atoms with Gasteiger partial charge in [0, 0.05) is 22.9 Å². The van der Waals surface area contributed by atoms with Crippen LogP contribution in [0.1, 0.15) is 62.2 Å². The summed E-state index contributed by atoms with van der Waals surface area (Å²) in [7, 11) is 0. The number of carboxylic acid groups (broad SMARTS) is 1. The van der Waals surface area contributed by atoms with Crippen molar-refractivity contribution >= 4 is 40.3 Å². The molecule has 0 saturated carbocycles. The van der Waals surface area contributed by atoms with E-state index in [-0.39, 0.29) is 18.6 Å². The van der Waals surface area contributed by atoms with Crippen LogP contribution in [-0.4, -0.2) is 21.0 Å². The maximum Gasteiger partial charge on any atom is 0.511 e. The van der Waals surface area contributed by atoms with Gasteiger partial charge in [0.15, 0.2) is 5.75 Å². The molecule has 3 aromatic carbocycles. The van der Waals surface area contributed by atoms with E-state index in [0.29, 0.717) is 32.8 Å². The van der Waals surface area contributed by atoms with E-state index >= 15 is 0 Å². The third-order valence-corrected chi connectivity index (χ3v) is 7.96. The number of halogens is 2. The van der Waals surface area contributed by atoms with Gasteiger partial charge in [0.25, 0.3) is 0 Å². The first-order chi connectivity index (χ1) is 20.0. The SMILES string of the molecule is Cc1cc(OCc2c(-c3c(Cl)cccc3Cl)noc2C(C)C)ccc1-c1ccc2c(OC(=O)O)c(C)n(C(C)C)c2c1. The van der Waals surface area contributed by atoms with Crippen molar-refractivity contribution in [3.05, 3.63) is 87.2 Å². The van der Waals surface area contributed by atoms with Gasteiger partial charge in [-0.3, -0.25) is 0 Å². The fourth-order valence-corrected chi connectivity index (χ4v) is 6.07. The Morgan fingerprint density at radius 2 is 1.74 bits per heavy atom. The van der Waals surface area contributed by atoms with Crippen LogP contribution in [0.25, 0.3) is 33.3 Å². The van der Waals surface area contributed by atoms with Crippen LogP contribution >= 0.6 is 23.2 Å². The molecular formula is C33H32Cl2N2O5. The lowest BCUT2D eigenvalue weighted by Gasteiger charge is -2.14. The van der Waals surface area contributed by atoms with E-state index in [1.54, 1.807) is 18.2 Å². The number of rotatable bonds is 8. The van der Waals surface area contributed by atoms with E-state index in [0.717, 1.165) is 44.6 Å². The Hall–Kier alpha value is -3.94. The first kappa shape index (κ1) is 29.5. The molecule has 42 heavy (non-hydrogen) atoms. The molecule has 0 aliphatic heterocycles. The normalized spacial score (nSPS) is 11.6. The Bertz CT molecular complexity index is 1780. The lowest BCUT2D eigenvalue weighted by atomic mass is 9.99. The van der Waals surface area contributed by atoms with Crippen LogP contribution in [0.15, 0.2) is 59.1 Å². The first-order valence-electron chi connectivity index (χ1n) is 13.7. The summed E-state index contributed by atoms with van der Waals surface area (Å²) in [5.41, 5.74) is 6.75. The summed E-state index contributed by atoms with van der Waals surface area (Å²) in [6, 6.07) is 17.4. The average Bonchev–Trinajstić information content (AvgIpc) is 3.45. The zero-order chi connectivity index (χ0) is 30.3. The zero-order valence-electron chi connectivity index (χ0n) is 24.3. The highest BCUT2D eigenvalue weighted by atomic mass is 35.5. The predicted octanol–water partition coefficient (Wildman–Crippen LogP) is 10.2. The molecule has 2 aromatic heterocycles. The van der Waals surface area contributed by atoms with Crippen LogP contribution < -0.4 is 9.47 Å². The highest BCUT2D eigenvalue weighted by Crippen LogP contribution is 2.40. The lowest BCUT2D eigenvalue weighted by molar-refractivity contribution is 0.144. The molecule has 1 N–H and O–H groups in total. The number of fused-ring (bicyclic) bond motifs is 1. The highest BCUT2D eigenvalue weighted by molar-refractivity contribution is 6.39. The van der Waals surface area contributed by atoms with Crippen molar-refractivity contribution < 1.29 is 23.9 Å². The molecule has 0 amide bonds. The predicted molar refractivity (Wildman–Crippen MR) is 166 cm³/mol. The number of aromatic nitrogens is 2. The minimum Gasteiger partial charge on any atom is -0.489 e. The third-order valence-electron chi connectivity index (χ3n) is 7.33. The van der Waals surface area contributed by atoms with Crippen LogP contribution in [0, 0.1) is 13.8 Å². The minimum atomic E-state index is -1.33. The van der Waals surface area contributed by atoms with Crippen molar-refractivity contribution in [2.24, 2.45) is 0 Å². The second-order valence-electron chi connectivity index (χ2n) is 10.9. The fraction of sp³-hybridized carbons (Fsp3) is 0.273.